The molecule has 144 valence electrons. The Labute approximate surface area is 165 Å². The van der Waals surface area contributed by atoms with Crippen molar-refractivity contribution in [1.82, 2.24) is 19.7 Å². The summed E-state index contributed by atoms with van der Waals surface area (Å²) in [6.45, 7) is 9.86. The fraction of sp³-hybridized carbons (Fsp3) is 0.571. The zero-order valence-electron chi connectivity index (χ0n) is 16.6. The van der Waals surface area contributed by atoms with Crippen molar-refractivity contribution in [3.63, 3.8) is 0 Å². The fourth-order valence-electron chi connectivity index (χ4n) is 5.27. The SMILES string of the molecule is Cc1nnc(SCC(=O)N2C[C@@]3(C)C[C@@H]2CC(C)(C)C3)n1-c1ccccc1. The molecule has 2 fully saturated rings. The maximum Gasteiger partial charge on any atom is 0.233 e. The summed E-state index contributed by atoms with van der Waals surface area (Å²) in [5.74, 6) is 1.48. The van der Waals surface area contributed by atoms with Crippen molar-refractivity contribution in [2.24, 2.45) is 10.8 Å². The number of amides is 1. The van der Waals surface area contributed by atoms with E-state index in [1.54, 1.807) is 0 Å². The summed E-state index contributed by atoms with van der Waals surface area (Å²) in [7, 11) is 0. The second kappa shape index (κ2) is 6.66. The number of thioether (sulfide) groups is 1. The maximum atomic E-state index is 13.0. The highest BCUT2D eigenvalue weighted by molar-refractivity contribution is 7.99. The Balaban J connectivity index is 1.47. The quantitative estimate of drug-likeness (QED) is 0.745. The molecule has 1 aliphatic heterocycles. The van der Waals surface area contributed by atoms with Crippen LogP contribution < -0.4 is 0 Å². The highest BCUT2D eigenvalue weighted by Crippen LogP contribution is 2.52. The van der Waals surface area contributed by atoms with Crippen LogP contribution in [-0.4, -0.2) is 43.9 Å². The molecule has 1 aromatic heterocycles. The molecule has 4 rings (SSSR count). The van der Waals surface area contributed by atoms with Crippen LogP contribution in [0.2, 0.25) is 0 Å². The number of fused-ring (bicyclic) bond motifs is 2. The van der Waals surface area contributed by atoms with Gasteiger partial charge in [-0.1, -0.05) is 50.7 Å². The molecule has 27 heavy (non-hydrogen) atoms. The number of hydrogen-bond donors (Lipinski definition) is 0. The summed E-state index contributed by atoms with van der Waals surface area (Å²) in [5.41, 5.74) is 1.62. The lowest BCUT2D eigenvalue weighted by Crippen LogP contribution is -2.38. The Morgan fingerprint density at radius 3 is 2.67 bits per heavy atom. The number of carbonyl (C=O) groups is 1. The van der Waals surface area contributed by atoms with Crippen molar-refractivity contribution in [2.75, 3.05) is 12.3 Å². The smallest absolute Gasteiger partial charge is 0.233 e. The van der Waals surface area contributed by atoms with E-state index in [-0.39, 0.29) is 11.3 Å². The fourth-order valence-corrected chi connectivity index (χ4v) is 6.16. The monoisotopic (exact) mass is 384 g/mol. The number of hydrogen-bond acceptors (Lipinski definition) is 4. The molecule has 0 unspecified atom stereocenters. The maximum absolute atomic E-state index is 13.0. The highest BCUT2D eigenvalue weighted by Gasteiger charge is 2.50. The van der Waals surface area contributed by atoms with Gasteiger partial charge in [0.2, 0.25) is 5.91 Å². The van der Waals surface area contributed by atoms with E-state index in [0.717, 1.165) is 36.1 Å². The molecule has 1 saturated heterocycles. The number of likely N-dealkylation sites (tertiary alicyclic amines) is 1. The predicted octanol–water partition coefficient (Wildman–Crippen LogP) is 4.10. The lowest BCUT2D eigenvalue weighted by molar-refractivity contribution is -0.129. The largest absolute Gasteiger partial charge is 0.338 e. The van der Waals surface area contributed by atoms with Crippen molar-refractivity contribution in [3.05, 3.63) is 36.2 Å². The number of rotatable bonds is 4. The van der Waals surface area contributed by atoms with Crippen LogP contribution >= 0.6 is 11.8 Å². The molecular formula is C21H28N4OS. The molecular weight excluding hydrogens is 356 g/mol. The van der Waals surface area contributed by atoms with Crippen molar-refractivity contribution < 1.29 is 4.79 Å². The molecule has 1 amide bonds. The Kier molecular flexibility index (Phi) is 4.57. The van der Waals surface area contributed by atoms with Crippen LogP contribution in [0.4, 0.5) is 0 Å². The summed E-state index contributed by atoms with van der Waals surface area (Å²) in [6.07, 6.45) is 3.46. The second-order valence-electron chi connectivity index (χ2n) is 9.22. The van der Waals surface area contributed by atoms with Gasteiger partial charge in [-0.15, -0.1) is 10.2 Å². The number of benzene rings is 1. The first-order chi connectivity index (χ1) is 12.8. The van der Waals surface area contributed by atoms with E-state index in [0.29, 0.717) is 17.2 Å². The predicted molar refractivity (Wildman–Crippen MR) is 108 cm³/mol. The van der Waals surface area contributed by atoms with Gasteiger partial charge in [-0.3, -0.25) is 9.36 Å². The zero-order chi connectivity index (χ0) is 19.2. The minimum atomic E-state index is 0.228. The van der Waals surface area contributed by atoms with E-state index in [4.69, 9.17) is 0 Å². The van der Waals surface area contributed by atoms with Crippen molar-refractivity contribution >= 4 is 17.7 Å². The molecule has 0 N–H and O–H groups in total. The molecule has 0 radical (unpaired) electrons. The molecule has 1 aromatic carbocycles. The zero-order valence-corrected chi connectivity index (χ0v) is 17.4. The van der Waals surface area contributed by atoms with Crippen LogP contribution in [0, 0.1) is 17.8 Å². The third-order valence-electron chi connectivity index (χ3n) is 5.87. The van der Waals surface area contributed by atoms with Gasteiger partial charge in [-0.05, 0) is 49.1 Å². The number of para-hydroxylation sites is 1. The number of aryl methyl sites for hydroxylation is 1. The molecule has 1 aliphatic carbocycles. The van der Waals surface area contributed by atoms with Crippen LogP contribution in [0.1, 0.15) is 45.9 Å². The average molecular weight is 385 g/mol. The van der Waals surface area contributed by atoms with E-state index in [2.05, 4.69) is 35.9 Å². The van der Waals surface area contributed by atoms with Crippen LogP contribution in [0.3, 0.4) is 0 Å². The Bertz CT molecular complexity index is 847. The number of nitrogens with zero attached hydrogens (tertiary/aromatic N) is 4. The van der Waals surface area contributed by atoms with Crippen LogP contribution in [0.25, 0.3) is 5.69 Å². The normalized spacial score (nSPS) is 26.4. The van der Waals surface area contributed by atoms with E-state index in [9.17, 15) is 4.79 Å². The molecule has 2 aromatic rings. The molecule has 2 atom stereocenters. The number of carbonyl (C=O) groups excluding carboxylic acids is 1. The van der Waals surface area contributed by atoms with E-state index in [1.165, 1.54) is 18.2 Å². The minimum absolute atomic E-state index is 0.228. The molecule has 2 aliphatic rings. The van der Waals surface area contributed by atoms with Gasteiger partial charge in [0.15, 0.2) is 5.16 Å². The van der Waals surface area contributed by atoms with Gasteiger partial charge in [0.1, 0.15) is 5.82 Å². The molecule has 6 heteroatoms. The Morgan fingerprint density at radius 1 is 1.19 bits per heavy atom. The van der Waals surface area contributed by atoms with Gasteiger partial charge < -0.3 is 4.90 Å². The Morgan fingerprint density at radius 2 is 1.93 bits per heavy atom. The Hall–Kier alpha value is -1.82. The first-order valence-corrected chi connectivity index (χ1v) is 10.6. The third-order valence-corrected chi connectivity index (χ3v) is 6.78. The van der Waals surface area contributed by atoms with Crippen LogP contribution in [-0.2, 0) is 4.79 Å². The molecule has 0 spiro atoms. The van der Waals surface area contributed by atoms with Gasteiger partial charge in [0, 0.05) is 18.3 Å². The minimum Gasteiger partial charge on any atom is -0.338 e. The van der Waals surface area contributed by atoms with Crippen molar-refractivity contribution in [2.45, 2.75) is 58.2 Å². The van der Waals surface area contributed by atoms with E-state index < -0.39 is 0 Å². The summed E-state index contributed by atoms with van der Waals surface area (Å²) >= 11 is 1.49. The standard InChI is InChI=1S/C21H28N4OS/c1-15-22-23-19(25(15)16-8-6-5-7-9-16)27-12-18(26)24-14-21(4)11-17(24)10-20(2,3)13-21/h5-9,17H,10-14H2,1-4H3/t17-,21-/m0/s1. The number of aromatic nitrogens is 3. The lowest BCUT2D eigenvalue weighted by Gasteiger charge is -2.39. The molecule has 1 saturated carbocycles. The summed E-state index contributed by atoms with van der Waals surface area (Å²) in [6, 6.07) is 10.5. The first kappa shape index (κ1) is 18.5. The van der Waals surface area contributed by atoms with Gasteiger partial charge in [-0.25, -0.2) is 0 Å². The summed E-state index contributed by atoms with van der Waals surface area (Å²) < 4.78 is 2.02. The van der Waals surface area contributed by atoms with Gasteiger partial charge in [0.25, 0.3) is 0 Å². The van der Waals surface area contributed by atoms with Gasteiger partial charge in [-0.2, -0.15) is 0 Å². The first-order valence-electron chi connectivity index (χ1n) is 9.66. The van der Waals surface area contributed by atoms with Gasteiger partial charge in [0.05, 0.1) is 5.75 Å². The highest BCUT2D eigenvalue weighted by atomic mass is 32.2. The van der Waals surface area contributed by atoms with E-state index >= 15 is 0 Å². The summed E-state index contributed by atoms with van der Waals surface area (Å²) in [5, 5.41) is 9.30. The topological polar surface area (TPSA) is 51.0 Å². The van der Waals surface area contributed by atoms with Crippen molar-refractivity contribution in [1.29, 1.82) is 0 Å². The van der Waals surface area contributed by atoms with Crippen LogP contribution in [0.15, 0.2) is 35.5 Å². The molecule has 2 heterocycles. The van der Waals surface area contributed by atoms with Crippen LogP contribution in [0.5, 0.6) is 0 Å². The average Bonchev–Trinajstić information content (AvgIpc) is 3.09. The van der Waals surface area contributed by atoms with Gasteiger partial charge >= 0.3 is 0 Å². The summed E-state index contributed by atoms with van der Waals surface area (Å²) in [4.78, 5) is 15.2. The molecule has 5 nitrogen and oxygen atoms in total. The third kappa shape index (κ3) is 3.64. The molecule has 2 bridgehead atoms. The van der Waals surface area contributed by atoms with Crippen molar-refractivity contribution in [3.8, 4) is 5.69 Å². The second-order valence-corrected chi connectivity index (χ2v) is 10.2. The lowest BCUT2D eigenvalue weighted by atomic mass is 9.65. The van der Waals surface area contributed by atoms with E-state index in [1.807, 2.05) is 41.8 Å².